The van der Waals surface area contributed by atoms with Crippen molar-refractivity contribution in [1.82, 2.24) is 24.4 Å². The van der Waals surface area contributed by atoms with Crippen molar-refractivity contribution < 1.29 is 4.74 Å². The van der Waals surface area contributed by atoms with Crippen molar-refractivity contribution in [1.29, 1.82) is 0 Å². The van der Waals surface area contributed by atoms with E-state index < -0.39 is 0 Å². The number of nitrogens with zero attached hydrogens (tertiary/aromatic N) is 5. The van der Waals surface area contributed by atoms with Crippen LogP contribution in [0.4, 0.5) is 0 Å². The minimum absolute atomic E-state index is 0.766. The Hall–Kier alpha value is -3.15. The zero-order valence-electron chi connectivity index (χ0n) is 12.8. The third-order valence-corrected chi connectivity index (χ3v) is 3.81. The highest BCUT2D eigenvalue weighted by Gasteiger charge is 2.14. The van der Waals surface area contributed by atoms with E-state index >= 15 is 0 Å². The van der Waals surface area contributed by atoms with Crippen molar-refractivity contribution in [3.05, 3.63) is 55.4 Å². The molecule has 4 heterocycles. The molecule has 0 spiro atoms. The first-order valence-electron chi connectivity index (χ1n) is 7.21. The first-order valence-corrected chi connectivity index (χ1v) is 7.21. The van der Waals surface area contributed by atoms with E-state index in [0.717, 1.165) is 33.5 Å². The standard InChI is InChI=1S/C17H15N5O/c1-21-10-14(8-19-21)13-6-16(23-2)17-15(9-20-22(17)11-13)12-4-3-5-18-7-12/h3-11H,1-2H3. The molecule has 0 bridgehead atoms. The Balaban J connectivity index is 1.94. The van der Waals surface area contributed by atoms with E-state index in [1.54, 1.807) is 18.0 Å². The highest BCUT2D eigenvalue weighted by molar-refractivity contribution is 5.85. The van der Waals surface area contributed by atoms with Crippen LogP contribution in [0, 0.1) is 0 Å². The molecule has 4 aromatic rings. The molecule has 6 nitrogen and oxygen atoms in total. The topological polar surface area (TPSA) is 57.2 Å². The fourth-order valence-electron chi connectivity index (χ4n) is 2.70. The van der Waals surface area contributed by atoms with Gasteiger partial charge < -0.3 is 4.74 Å². The van der Waals surface area contributed by atoms with Gasteiger partial charge in [0.05, 0.1) is 19.5 Å². The molecule has 0 saturated heterocycles. The van der Waals surface area contributed by atoms with Crippen LogP contribution in [0.3, 0.4) is 0 Å². The van der Waals surface area contributed by atoms with Gasteiger partial charge in [0, 0.05) is 54.1 Å². The Morgan fingerprint density at radius 3 is 2.61 bits per heavy atom. The van der Waals surface area contributed by atoms with Crippen LogP contribution in [-0.4, -0.2) is 31.5 Å². The van der Waals surface area contributed by atoms with Crippen LogP contribution in [0.15, 0.2) is 55.4 Å². The van der Waals surface area contributed by atoms with Crippen LogP contribution in [0.5, 0.6) is 5.75 Å². The van der Waals surface area contributed by atoms with Crippen LogP contribution in [-0.2, 0) is 7.05 Å². The van der Waals surface area contributed by atoms with Crippen molar-refractivity contribution >= 4 is 5.52 Å². The number of methoxy groups -OCH3 is 1. The third kappa shape index (κ3) is 2.24. The molecule has 0 atom stereocenters. The monoisotopic (exact) mass is 305 g/mol. The Kier molecular flexibility index (Phi) is 3.08. The molecule has 6 heteroatoms. The zero-order chi connectivity index (χ0) is 15.8. The number of pyridine rings is 2. The summed E-state index contributed by atoms with van der Waals surface area (Å²) in [5.41, 5.74) is 4.95. The summed E-state index contributed by atoms with van der Waals surface area (Å²) in [4.78, 5) is 4.18. The van der Waals surface area contributed by atoms with E-state index in [2.05, 4.69) is 15.2 Å². The van der Waals surface area contributed by atoms with Crippen LogP contribution < -0.4 is 4.74 Å². The number of rotatable bonds is 3. The molecule has 0 saturated carbocycles. The minimum Gasteiger partial charge on any atom is -0.494 e. The quantitative estimate of drug-likeness (QED) is 0.584. The van der Waals surface area contributed by atoms with Crippen molar-refractivity contribution in [3.8, 4) is 28.0 Å². The lowest BCUT2D eigenvalue weighted by Crippen LogP contribution is -1.94. The van der Waals surface area contributed by atoms with E-state index in [1.807, 2.05) is 60.7 Å². The maximum Gasteiger partial charge on any atom is 0.145 e. The average molecular weight is 305 g/mol. The molecule has 0 N–H and O–H groups in total. The maximum atomic E-state index is 5.61. The highest BCUT2D eigenvalue weighted by Crippen LogP contribution is 2.34. The molecule has 0 aromatic carbocycles. The van der Waals surface area contributed by atoms with E-state index in [-0.39, 0.29) is 0 Å². The van der Waals surface area contributed by atoms with Crippen LogP contribution in [0.25, 0.3) is 27.8 Å². The first-order chi connectivity index (χ1) is 11.3. The molecule has 0 fully saturated rings. The van der Waals surface area contributed by atoms with E-state index in [4.69, 9.17) is 4.74 Å². The summed E-state index contributed by atoms with van der Waals surface area (Å²) in [7, 11) is 3.57. The second kappa shape index (κ2) is 5.24. The molecule has 0 aliphatic carbocycles. The summed E-state index contributed by atoms with van der Waals surface area (Å²) in [6.45, 7) is 0. The number of aryl methyl sites for hydroxylation is 1. The van der Waals surface area contributed by atoms with Gasteiger partial charge >= 0.3 is 0 Å². The number of ether oxygens (including phenoxy) is 1. The van der Waals surface area contributed by atoms with Gasteiger partial charge in [-0.15, -0.1) is 0 Å². The molecular weight excluding hydrogens is 290 g/mol. The third-order valence-electron chi connectivity index (χ3n) is 3.81. The number of aromatic nitrogens is 5. The fourth-order valence-corrected chi connectivity index (χ4v) is 2.70. The molecular formula is C17H15N5O. The molecule has 0 aliphatic heterocycles. The molecule has 4 rings (SSSR count). The van der Waals surface area contributed by atoms with Crippen molar-refractivity contribution in [2.24, 2.45) is 7.05 Å². The second-order valence-corrected chi connectivity index (χ2v) is 5.29. The number of hydrogen-bond acceptors (Lipinski definition) is 4. The van der Waals surface area contributed by atoms with Crippen LogP contribution in [0.1, 0.15) is 0 Å². The number of fused-ring (bicyclic) bond motifs is 1. The van der Waals surface area contributed by atoms with E-state index in [0.29, 0.717) is 0 Å². The van der Waals surface area contributed by atoms with Gasteiger partial charge in [0.2, 0.25) is 0 Å². The smallest absolute Gasteiger partial charge is 0.145 e. The summed E-state index contributed by atoms with van der Waals surface area (Å²) < 4.78 is 9.22. The summed E-state index contributed by atoms with van der Waals surface area (Å²) in [6, 6.07) is 5.93. The Labute approximate surface area is 133 Å². The normalized spacial score (nSPS) is 11.0. The fraction of sp³-hybridized carbons (Fsp3) is 0.118. The van der Waals surface area contributed by atoms with Crippen LogP contribution in [0.2, 0.25) is 0 Å². The maximum absolute atomic E-state index is 5.61. The summed E-state index contributed by atoms with van der Waals surface area (Å²) in [6.07, 6.45) is 11.2. The predicted octanol–water partition coefficient (Wildman–Crippen LogP) is 2.81. The van der Waals surface area contributed by atoms with Gasteiger partial charge in [-0.3, -0.25) is 9.67 Å². The molecule has 23 heavy (non-hydrogen) atoms. The van der Waals surface area contributed by atoms with Gasteiger partial charge in [0.15, 0.2) is 0 Å². The lowest BCUT2D eigenvalue weighted by atomic mass is 10.1. The largest absolute Gasteiger partial charge is 0.494 e. The molecule has 114 valence electrons. The Morgan fingerprint density at radius 1 is 1.00 bits per heavy atom. The SMILES string of the molecule is COc1cc(-c2cnn(C)c2)cn2ncc(-c3cccnc3)c12. The lowest BCUT2D eigenvalue weighted by Gasteiger charge is -2.08. The summed E-state index contributed by atoms with van der Waals surface area (Å²) in [5.74, 6) is 0.766. The second-order valence-electron chi connectivity index (χ2n) is 5.29. The zero-order valence-corrected chi connectivity index (χ0v) is 12.8. The van der Waals surface area contributed by atoms with Crippen molar-refractivity contribution in [2.75, 3.05) is 7.11 Å². The summed E-state index contributed by atoms with van der Waals surface area (Å²) >= 11 is 0. The van der Waals surface area contributed by atoms with Crippen LogP contribution >= 0.6 is 0 Å². The van der Waals surface area contributed by atoms with Gasteiger partial charge in [-0.25, -0.2) is 4.52 Å². The average Bonchev–Trinajstić information content (AvgIpc) is 3.21. The first kappa shape index (κ1) is 13.5. The molecule has 0 aliphatic rings. The Morgan fingerprint density at radius 2 is 1.91 bits per heavy atom. The summed E-state index contributed by atoms with van der Waals surface area (Å²) in [5, 5.41) is 8.70. The highest BCUT2D eigenvalue weighted by atomic mass is 16.5. The predicted molar refractivity (Wildman–Crippen MR) is 87.2 cm³/mol. The molecule has 4 aromatic heterocycles. The molecule has 0 amide bonds. The van der Waals surface area contributed by atoms with E-state index in [1.165, 1.54) is 0 Å². The minimum atomic E-state index is 0.766. The van der Waals surface area contributed by atoms with Gasteiger partial charge in [-0.1, -0.05) is 6.07 Å². The van der Waals surface area contributed by atoms with Gasteiger partial charge in [-0.05, 0) is 12.1 Å². The van der Waals surface area contributed by atoms with Gasteiger partial charge in [0.25, 0.3) is 0 Å². The van der Waals surface area contributed by atoms with Gasteiger partial charge in [-0.2, -0.15) is 10.2 Å². The van der Waals surface area contributed by atoms with Crippen molar-refractivity contribution in [3.63, 3.8) is 0 Å². The van der Waals surface area contributed by atoms with Crippen molar-refractivity contribution in [2.45, 2.75) is 0 Å². The molecule has 0 unspecified atom stereocenters. The molecule has 0 radical (unpaired) electrons. The van der Waals surface area contributed by atoms with E-state index in [9.17, 15) is 0 Å². The van der Waals surface area contributed by atoms with Gasteiger partial charge in [0.1, 0.15) is 11.3 Å². The Bertz CT molecular complexity index is 971. The number of hydrogen-bond donors (Lipinski definition) is 0. The lowest BCUT2D eigenvalue weighted by molar-refractivity contribution is 0.418.